The zero-order chi connectivity index (χ0) is 12.3. The zero-order valence-electron chi connectivity index (χ0n) is 10.3. The molecule has 1 aromatic rings. The summed E-state index contributed by atoms with van der Waals surface area (Å²) < 4.78 is 5.54. The van der Waals surface area contributed by atoms with Crippen LogP contribution in [0.5, 0.6) is 0 Å². The lowest BCUT2D eigenvalue weighted by molar-refractivity contribution is -0.115. The van der Waals surface area contributed by atoms with E-state index in [9.17, 15) is 4.79 Å². The van der Waals surface area contributed by atoms with E-state index >= 15 is 0 Å². The summed E-state index contributed by atoms with van der Waals surface area (Å²) in [6, 6.07) is 9.97. The third kappa shape index (κ3) is 2.64. The van der Waals surface area contributed by atoms with E-state index in [2.05, 4.69) is 0 Å². The van der Waals surface area contributed by atoms with Crippen LogP contribution in [-0.2, 0) is 9.53 Å². The molecule has 90 valence electrons. The molecule has 0 spiro atoms. The van der Waals surface area contributed by atoms with Gasteiger partial charge in [0.15, 0.2) is 5.78 Å². The lowest BCUT2D eigenvalue weighted by Gasteiger charge is -2.14. The second-order valence-corrected chi connectivity index (χ2v) is 4.39. The van der Waals surface area contributed by atoms with Crippen molar-refractivity contribution in [1.29, 1.82) is 0 Å². The maximum atomic E-state index is 12.0. The first-order valence-corrected chi connectivity index (χ1v) is 6.13. The number of allylic oxidation sites excluding steroid dienone is 1. The summed E-state index contributed by atoms with van der Waals surface area (Å²) in [5.41, 5.74) is 2.22. The Hall–Kier alpha value is -1.41. The Morgan fingerprint density at radius 3 is 2.71 bits per heavy atom. The number of hydrogen-bond acceptors (Lipinski definition) is 2. The van der Waals surface area contributed by atoms with Gasteiger partial charge in [-0.05, 0) is 37.5 Å². The molecule has 0 saturated heterocycles. The molecular formula is C15H18O2. The fourth-order valence-electron chi connectivity index (χ4n) is 2.29. The summed E-state index contributed by atoms with van der Waals surface area (Å²) >= 11 is 0. The van der Waals surface area contributed by atoms with E-state index in [1.54, 1.807) is 6.08 Å². The van der Waals surface area contributed by atoms with Crippen molar-refractivity contribution in [2.45, 2.75) is 32.3 Å². The molecule has 0 aromatic heterocycles. The van der Waals surface area contributed by atoms with E-state index < -0.39 is 0 Å². The van der Waals surface area contributed by atoms with Crippen molar-refractivity contribution in [2.75, 3.05) is 6.61 Å². The van der Waals surface area contributed by atoms with Crippen LogP contribution >= 0.6 is 0 Å². The number of rotatable bonds is 4. The van der Waals surface area contributed by atoms with Crippen molar-refractivity contribution in [3.8, 4) is 0 Å². The first-order valence-electron chi connectivity index (χ1n) is 6.13. The molecule has 2 heteroatoms. The lowest BCUT2D eigenvalue weighted by atomic mass is 9.94. The van der Waals surface area contributed by atoms with E-state index in [0.717, 1.165) is 17.6 Å². The second kappa shape index (κ2) is 5.28. The number of ether oxygens (including phenoxy) is 1. The van der Waals surface area contributed by atoms with Crippen molar-refractivity contribution in [2.24, 2.45) is 0 Å². The van der Waals surface area contributed by atoms with E-state index in [1.807, 2.05) is 44.2 Å². The molecule has 0 aliphatic heterocycles. The van der Waals surface area contributed by atoms with Crippen LogP contribution in [0.2, 0.25) is 0 Å². The van der Waals surface area contributed by atoms with Crippen LogP contribution in [0, 0.1) is 0 Å². The first-order chi connectivity index (χ1) is 8.22. The fourth-order valence-corrected chi connectivity index (χ4v) is 2.29. The number of benzene rings is 1. The number of carbonyl (C=O) groups is 1. The average Bonchev–Trinajstić information content (AvgIpc) is 2.73. The lowest BCUT2D eigenvalue weighted by Crippen LogP contribution is -2.11. The van der Waals surface area contributed by atoms with Crippen LogP contribution in [0.15, 0.2) is 42.0 Å². The standard InChI is InChI=1S/C15H18O2/c1-3-17-11(2)13-9-14(15(16)10-13)12-7-5-4-6-8-12/h4-8,10-11,14H,3,9H2,1-2H3/t11-,14-/m0/s1. The molecule has 2 nitrogen and oxygen atoms in total. The van der Waals surface area contributed by atoms with Crippen LogP contribution in [0.3, 0.4) is 0 Å². The van der Waals surface area contributed by atoms with Crippen LogP contribution in [0.4, 0.5) is 0 Å². The van der Waals surface area contributed by atoms with E-state index in [-0.39, 0.29) is 17.8 Å². The van der Waals surface area contributed by atoms with E-state index in [4.69, 9.17) is 4.74 Å². The van der Waals surface area contributed by atoms with Gasteiger partial charge in [-0.1, -0.05) is 30.3 Å². The molecule has 0 unspecified atom stereocenters. The Bertz CT molecular complexity index is 420. The minimum Gasteiger partial charge on any atom is -0.374 e. The van der Waals surface area contributed by atoms with Gasteiger partial charge in [-0.3, -0.25) is 4.79 Å². The second-order valence-electron chi connectivity index (χ2n) is 4.39. The molecule has 0 amide bonds. The predicted molar refractivity (Wildman–Crippen MR) is 68.0 cm³/mol. The van der Waals surface area contributed by atoms with Gasteiger partial charge in [0, 0.05) is 6.61 Å². The van der Waals surface area contributed by atoms with Gasteiger partial charge in [-0.2, -0.15) is 0 Å². The molecule has 2 rings (SSSR count). The smallest absolute Gasteiger partial charge is 0.163 e. The number of hydrogen-bond donors (Lipinski definition) is 0. The van der Waals surface area contributed by atoms with Gasteiger partial charge in [0.05, 0.1) is 12.0 Å². The quantitative estimate of drug-likeness (QED) is 0.794. The van der Waals surface area contributed by atoms with Crippen molar-refractivity contribution in [3.63, 3.8) is 0 Å². The monoisotopic (exact) mass is 230 g/mol. The highest BCUT2D eigenvalue weighted by Gasteiger charge is 2.29. The Kier molecular flexibility index (Phi) is 3.75. The molecular weight excluding hydrogens is 212 g/mol. The van der Waals surface area contributed by atoms with Crippen molar-refractivity contribution in [1.82, 2.24) is 0 Å². The maximum absolute atomic E-state index is 12.0. The molecule has 1 aliphatic carbocycles. The van der Waals surface area contributed by atoms with Crippen LogP contribution in [0.1, 0.15) is 31.7 Å². The normalized spacial score (nSPS) is 21.4. The third-order valence-corrected chi connectivity index (χ3v) is 3.25. The fraction of sp³-hybridized carbons (Fsp3) is 0.400. The summed E-state index contributed by atoms with van der Waals surface area (Å²) in [6.45, 7) is 4.67. The molecule has 2 atom stereocenters. The Morgan fingerprint density at radius 2 is 2.06 bits per heavy atom. The van der Waals surface area contributed by atoms with Crippen LogP contribution in [0.25, 0.3) is 0 Å². The Balaban J connectivity index is 2.10. The summed E-state index contributed by atoms with van der Waals surface area (Å²) in [6.07, 6.45) is 2.61. The van der Waals surface area contributed by atoms with Crippen molar-refractivity contribution in [3.05, 3.63) is 47.5 Å². The first kappa shape index (κ1) is 12.1. The van der Waals surface area contributed by atoms with Gasteiger partial charge in [-0.15, -0.1) is 0 Å². The minimum atomic E-state index is -0.00546. The van der Waals surface area contributed by atoms with Gasteiger partial charge >= 0.3 is 0 Å². The van der Waals surface area contributed by atoms with Crippen molar-refractivity contribution < 1.29 is 9.53 Å². The van der Waals surface area contributed by atoms with Crippen LogP contribution < -0.4 is 0 Å². The van der Waals surface area contributed by atoms with E-state index in [0.29, 0.717) is 6.61 Å². The van der Waals surface area contributed by atoms with Crippen LogP contribution in [-0.4, -0.2) is 18.5 Å². The number of ketones is 1. The molecule has 1 aromatic carbocycles. The van der Waals surface area contributed by atoms with Gasteiger partial charge < -0.3 is 4.74 Å². The Morgan fingerprint density at radius 1 is 1.35 bits per heavy atom. The average molecular weight is 230 g/mol. The molecule has 17 heavy (non-hydrogen) atoms. The number of carbonyl (C=O) groups excluding carboxylic acids is 1. The van der Waals surface area contributed by atoms with E-state index in [1.165, 1.54) is 0 Å². The van der Waals surface area contributed by atoms with Gasteiger partial charge in [0.1, 0.15) is 0 Å². The molecule has 0 radical (unpaired) electrons. The molecule has 0 N–H and O–H groups in total. The highest BCUT2D eigenvalue weighted by molar-refractivity contribution is 5.99. The summed E-state index contributed by atoms with van der Waals surface area (Å²) in [5, 5.41) is 0. The molecule has 0 heterocycles. The summed E-state index contributed by atoms with van der Waals surface area (Å²) in [4.78, 5) is 12.0. The molecule has 0 fully saturated rings. The molecule has 0 saturated carbocycles. The minimum absolute atomic E-state index is 0.00546. The topological polar surface area (TPSA) is 26.3 Å². The maximum Gasteiger partial charge on any atom is 0.163 e. The Labute approximate surface area is 102 Å². The highest BCUT2D eigenvalue weighted by Crippen LogP contribution is 2.33. The molecule has 0 bridgehead atoms. The zero-order valence-corrected chi connectivity index (χ0v) is 10.3. The van der Waals surface area contributed by atoms with Gasteiger partial charge in [0.2, 0.25) is 0 Å². The van der Waals surface area contributed by atoms with Gasteiger partial charge in [-0.25, -0.2) is 0 Å². The summed E-state index contributed by atoms with van der Waals surface area (Å²) in [5.74, 6) is 0.201. The predicted octanol–water partition coefficient (Wildman–Crippen LogP) is 3.09. The highest BCUT2D eigenvalue weighted by atomic mass is 16.5. The third-order valence-electron chi connectivity index (χ3n) is 3.25. The van der Waals surface area contributed by atoms with Gasteiger partial charge in [0.25, 0.3) is 0 Å². The van der Waals surface area contributed by atoms with Crippen molar-refractivity contribution >= 4 is 5.78 Å². The molecule has 1 aliphatic rings. The SMILES string of the molecule is CCO[C@@H](C)C1=CC(=O)[C@H](c2ccccc2)C1. The summed E-state index contributed by atoms with van der Waals surface area (Å²) in [7, 11) is 0. The largest absolute Gasteiger partial charge is 0.374 e.